The lowest BCUT2D eigenvalue weighted by Gasteiger charge is -2.30. The summed E-state index contributed by atoms with van der Waals surface area (Å²) in [5.41, 5.74) is 6.98. The van der Waals surface area contributed by atoms with Crippen LogP contribution >= 0.6 is 15.9 Å². The number of rotatable bonds is 22. The Kier molecular flexibility index (Phi) is 25.0. The van der Waals surface area contributed by atoms with E-state index in [1.165, 1.54) is 58.0 Å². The molecule has 10 aromatic rings. The second-order valence-electron chi connectivity index (χ2n) is 28.9. The lowest BCUT2D eigenvalue weighted by molar-refractivity contribution is -0.154. The number of alkyl halides is 1. The number of nitrogens with zero attached hydrogens (tertiary/aromatic N) is 9. The molecule has 103 heavy (non-hydrogen) atoms. The Morgan fingerprint density at radius 3 is 1.26 bits per heavy atom. The molecule has 19 nitrogen and oxygen atoms in total. The van der Waals surface area contributed by atoms with E-state index in [2.05, 4.69) is 144 Å². The van der Waals surface area contributed by atoms with Gasteiger partial charge < -0.3 is 9.47 Å². The van der Waals surface area contributed by atoms with Crippen LogP contribution in [0.1, 0.15) is 120 Å². The van der Waals surface area contributed by atoms with Crippen LogP contribution in [0.25, 0.3) is 22.3 Å². The maximum absolute atomic E-state index is 14.2. The number of ketones is 2. The van der Waals surface area contributed by atoms with Gasteiger partial charge in [-0.3, -0.25) is 29.1 Å². The molecule has 2 saturated carbocycles. The number of fused-ring (bicyclic) bond motifs is 2. The molecule has 0 radical (unpaired) electrons. The molecule has 0 saturated heterocycles. The van der Waals surface area contributed by atoms with Crippen LogP contribution in [-0.2, 0) is 76.5 Å². The van der Waals surface area contributed by atoms with Gasteiger partial charge in [-0.1, -0.05) is 186 Å². The number of carbonyl (C=O) groups is 4. The number of benzene rings is 6. The van der Waals surface area contributed by atoms with E-state index in [1.54, 1.807) is 96.1 Å². The molecular weight excluding hydrogens is 1400 g/mol. The number of hydrogen-bond acceptors (Lipinski definition) is 16. The van der Waals surface area contributed by atoms with Crippen molar-refractivity contribution in [2.24, 2.45) is 23.7 Å². The number of esters is 1. The van der Waals surface area contributed by atoms with E-state index in [4.69, 9.17) is 9.47 Å². The number of aromatic nitrogens is 6. The zero-order valence-electron chi connectivity index (χ0n) is 60.2. The predicted molar refractivity (Wildman–Crippen MR) is 405 cm³/mol. The van der Waals surface area contributed by atoms with Crippen LogP contribution in [0.15, 0.2) is 217 Å². The first-order valence-electron chi connectivity index (χ1n) is 34.8. The van der Waals surface area contributed by atoms with Crippen molar-refractivity contribution in [1.29, 1.82) is 0 Å². The highest BCUT2D eigenvalue weighted by Gasteiger charge is 2.41. The standard InChI is InChI=1S/C40H45N5O5S.C22H26BrNO.C19H21N3O4S/c1-28-16-18-33(19-17-28)51(48,49)45-21-20-35-38(45)41-24-37(42-35)44(39(47)50-40(3,4)5)27-36(46)34-23-32(22-29(34)2)43(25-30-12-8-6-9-13-30)26-31-14-10-7-11-15-31;1-17-12-20(13-21(17)22(25)14-23)24(15-18-8-4-2-5-9-18)16-19-10-6-3-7-11-19;1-13-5-7-15(8-6-13)27(24,25)22-10-9-16-18(22)20-12-14(21-16)11-17(23)26-19(2,3)4/h6-21,24,29,32,34H,22-23,25-27H2,1-5H3;2-11,17,20-21H,12-16H2,1H3;5-10,12H,11H2,1-4H3. The Bertz CT molecular complexity index is 4680. The van der Waals surface area contributed by atoms with E-state index in [-0.39, 0.29) is 75.0 Å². The van der Waals surface area contributed by atoms with Crippen molar-refractivity contribution in [2.45, 2.75) is 161 Å². The van der Waals surface area contributed by atoms with E-state index < -0.39 is 43.3 Å². The van der Waals surface area contributed by atoms with Crippen molar-refractivity contribution in [3.05, 3.63) is 246 Å². The van der Waals surface area contributed by atoms with Gasteiger partial charge in [0.05, 0.1) is 46.2 Å². The monoisotopic (exact) mass is 1490 g/mol. The van der Waals surface area contributed by atoms with Crippen molar-refractivity contribution in [3.63, 3.8) is 0 Å². The molecule has 12 rings (SSSR count). The van der Waals surface area contributed by atoms with Crippen molar-refractivity contribution in [1.82, 2.24) is 37.7 Å². The molecule has 0 bridgehead atoms. The van der Waals surface area contributed by atoms with Crippen molar-refractivity contribution < 1.29 is 45.5 Å². The first-order valence-corrected chi connectivity index (χ1v) is 38.8. The highest BCUT2D eigenvalue weighted by atomic mass is 79.9. The number of aryl methyl sites for hydroxylation is 2. The molecule has 6 unspecified atom stereocenters. The Morgan fingerprint density at radius 2 is 0.874 bits per heavy atom. The molecule has 540 valence electrons. The second kappa shape index (κ2) is 33.6. The Morgan fingerprint density at radius 1 is 0.495 bits per heavy atom. The molecule has 0 spiro atoms. The summed E-state index contributed by atoms with van der Waals surface area (Å²) in [5.74, 6) is 0.419. The van der Waals surface area contributed by atoms with Gasteiger partial charge in [0, 0.05) is 62.5 Å². The Balaban J connectivity index is 0.000000184. The molecule has 1 amide bonds. The van der Waals surface area contributed by atoms with Crippen molar-refractivity contribution in [3.8, 4) is 0 Å². The summed E-state index contributed by atoms with van der Waals surface area (Å²) >= 11 is 3.35. The molecule has 6 aromatic carbocycles. The van der Waals surface area contributed by atoms with Gasteiger partial charge >= 0.3 is 12.1 Å². The lowest BCUT2D eigenvalue weighted by Crippen LogP contribution is -2.42. The SMILES string of the molecule is CC1CC(N(Cc2ccccc2)Cc2ccccc2)CC1C(=O)CBr.Cc1ccc(S(=O)(=O)n2ccc3nc(CC(=O)OC(C)(C)C)cnc32)cc1.Cc1ccc(S(=O)(=O)n2ccc3nc(N(CC(=O)C4CC(N(Cc5ccccc5)Cc5ccccc5)CC4C)C(=O)OC(C)(C)C)cnc32)cc1. The van der Waals surface area contributed by atoms with Gasteiger partial charge in [0.1, 0.15) is 28.0 Å². The maximum Gasteiger partial charge on any atom is 0.416 e. The third-order valence-electron chi connectivity index (χ3n) is 18.5. The number of hydrogen-bond donors (Lipinski definition) is 0. The van der Waals surface area contributed by atoms with E-state index in [0.29, 0.717) is 40.7 Å². The van der Waals surface area contributed by atoms with E-state index in [0.717, 1.165) is 64.5 Å². The lowest BCUT2D eigenvalue weighted by atomic mass is 9.93. The van der Waals surface area contributed by atoms with Gasteiger partial charge in [0.2, 0.25) is 0 Å². The minimum Gasteiger partial charge on any atom is -0.460 e. The number of carbonyl (C=O) groups excluding carboxylic acids is 4. The molecule has 2 aliphatic rings. The van der Waals surface area contributed by atoms with Gasteiger partial charge in [0.15, 0.2) is 22.9 Å². The zero-order chi connectivity index (χ0) is 73.8. The molecular formula is C81H92BrN9O10S2. The quantitative estimate of drug-likeness (QED) is 0.0454. The molecule has 0 N–H and O–H groups in total. The number of anilines is 1. The Hall–Kier alpha value is -9.06. The smallest absolute Gasteiger partial charge is 0.416 e. The van der Waals surface area contributed by atoms with Crippen LogP contribution in [0, 0.1) is 37.5 Å². The first-order chi connectivity index (χ1) is 49.0. The first kappa shape index (κ1) is 76.6. The van der Waals surface area contributed by atoms with Crippen LogP contribution in [0.2, 0.25) is 0 Å². The fourth-order valence-electron chi connectivity index (χ4n) is 13.3. The van der Waals surface area contributed by atoms with Crippen LogP contribution in [-0.4, -0.2) is 113 Å². The van der Waals surface area contributed by atoms with Gasteiger partial charge in [-0.25, -0.2) is 49.5 Å². The van der Waals surface area contributed by atoms with Crippen LogP contribution in [0.5, 0.6) is 0 Å². The minimum absolute atomic E-state index is 0.0316. The van der Waals surface area contributed by atoms with Crippen molar-refractivity contribution in [2.75, 3.05) is 16.8 Å². The average molecular weight is 1500 g/mol. The summed E-state index contributed by atoms with van der Waals surface area (Å²) < 4.78 is 65.8. The van der Waals surface area contributed by atoms with E-state index in [1.807, 2.05) is 50.2 Å². The molecule has 22 heteroatoms. The van der Waals surface area contributed by atoms with Crippen LogP contribution in [0.4, 0.5) is 10.6 Å². The number of ether oxygens (including phenoxy) is 2. The van der Waals surface area contributed by atoms with Gasteiger partial charge in [-0.2, -0.15) is 0 Å². The minimum atomic E-state index is -3.95. The van der Waals surface area contributed by atoms with Crippen LogP contribution in [0.3, 0.4) is 0 Å². The van der Waals surface area contributed by atoms with E-state index >= 15 is 0 Å². The molecule has 6 atom stereocenters. The Labute approximate surface area is 613 Å². The summed E-state index contributed by atoms with van der Waals surface area (Å²) in [7, 11) is -7.73. The number of Topliss-reactive ketones (excluding diaryl/α,β-unsaturated/α-hetero) is 2. The predicted octanol–water partition coefficient (Wildman–Crippen LogP) is 15.3. The molecule has 2 fully saturated rings. The molecule has 2 aliphatic carbocycles. The number of halogens is 1. The fourth-order valence-corrected chi connectivity index (χ4v) is 16.3. The molecule has 0 aliphatic heterocycles. The maximum atomic E-state index is 14.2. The summed E-state index contributed by atoms with van der Waals surface area (Å²) in [4.78, 5) is 76.2. The van der Waals surface area contributed by atoms with Crippen LogP contribution < -0.4 is 4.90 Å². The van der Waals surface area contributed by atoms with Gasteiger partial charge in [0.25, 0.3) is 20.0 Å². The third-order valence-corrected chi connectivity index (χ3v) is 22.4. The third kappa shape index (κ3) is 20.2. The number of amides is 1. The highest BCUT2D eigenvalue weighted by molar-refractivity contribution is 9.09. The second-order valence-corrected chi connectivity index (χ2v) is 33.1. The normalized spacial score (nSPS) is 17.7. The van der Waals surface area contributed by atoms with Gasteiger partial charge in [-0.05, 0) is 152 Å². The fraction of sp³-hybridized carbons (Fsp3) is 0.358. The van der Waals surface area contributed by atoms with E-state index in [9.17, 15) is 36.0 Å². The summed E-state index contributed by atoms with van der Waals surface area (Å²) in [6.45, 7) is 21.9. The summed E-state index contributed by atoms with van der Waals surface area (Å²) in [5, 5.41) is 0.478. The summed E-state index contributed by atoms with van der Waals surface area (Å²) in [6, 6.07) is 58.9. The largest absolute Gasteiger partial charge is 0.460 e. The average Bonchev–Trinajstić information content (AvgIpc) is 1.66. The zero-order valence-corrected chi connectivity index (χ0v) is 63.4. The molecule has 4 aromatic heterocycles. The van der Waals surface area contributed by atoms with Crippen molar-refractivity contribution >= 4 is 87.8 Å². The molecule has 4 heterocycles. The highest BCUT2D eigenvalue weighted by Crippen LogP contribution is 2.39. The topological polar surface area (TPSA) is 226 Å². The summed E-state index contributed by atoms with van der Waals surface area (Å²) in [6.07, 6.45) is 8.35. The van der Waals surface area contributed by atoms with Gasteiger partial charge in [-0.15, -0.1) is 0 Å².